The van der Waals surface area contributed by atoms with Crippen molar-refractivity contribution in [1.82, 2.24) is 4.90 Å². The van der Waals surface area contributed by atoms with E-state index in [2.05, 4.69) is 0 Å². The minimum Gasteiger partial charge on any atom is -0.396 e. The first-order chi connectivity index (χ1) is 9.56. The van der Waals surface area contributed by atoms with Crippen LogP contribution in [0.15, 0.2) is 29.2 Å². The Morgan fingerprint density at radius 2 is 2.00 bits per heavy atom. The van der Waals surface area contributed by atoms with E-state index < -0.39 is 5.76 Å². The van der Waals surface area contributed by atoms with Crippen molar-refractivity contribution in [3.05, 3.63) is 29.8 Å². The number of unbranched alkanes of at least 4 members (excludes halogenated alkanes) is 2. The van der Waals surface area contributed by atoms with Crippen molar-refractivity contribution in [2.75, 3.05) is 20.2 Å². The summed E-state index contributed by atoms with van der Waals surface area (Å²) in [6, 6.07) is 6.41. The highest BCUT2D eigenvalue weighted by Gasteiger charge is 2.17. The molecule has 20 heavy (non-hydrogen) atoms. The van der Waals surface area contributed by atoms with E-state index in [1.165, 1.54) is 11.0 Å². The number of nitrogens with zero attached hydrogens (tertiary/aromatic N) is 1. The van der Waals surface area contributed by atoms with Gasteiger partial charge in [0.25, 0.3) is 11.7 Å². The molecule has 3 nitrogen and oxygen atoms in total. The van der Waals surface area contributed by atoms with Crippen molar-refractivity contribution < 1.29 is 18.7 Å². The molecule has 6 heteroatoms. The van der Waals surface area contributed by atoms with Gasteiger partial charge in [0.15, 0.2) is 0 Å². The maximum atomic E-state index is 12.5. The molecule has 0 heterocycles. The standard InChI is InChI=1S/C14H19F2NO2S/c1-17(9-5-2-6-10-18)13(19)11-7-3-4-8-12(11)20-14(15)16/h3-4,7-8,14,18H,2,5-6,9-10H2,1H3. The number of benzene rings is 1. The fourth-order valence-electron chi connectivity index (χ4n) is 1.79. The Morgan fingerprint density at radius 3 is 2.65 bits per heavy atom. The number of carbonyl (C=O) groups excluding carboxylic acids is 1. The van der Waals surface area contributed by atoms with Gasteiger partial charge in [-0.05, 0) is 31.4 Å². The Balaban J connectivity index is 2.66. The summed E-state index contributed by atoms with van der Waals surface area (Å²) in [5.74, 6) is -2.79. The monoisotopic (exact) mass is 303 g/mol. The van der Waals surface area contributed by atoms with Crippen LogP contribution in [0.25, 0.3) is 0 Å². The predicted molar refractivity (Wildman–Crippen MR) is 76.2 cm³/mol. The van der Waals surface area contributed by atoms with Crippen molar-refractivity contribution in [2.24, 2.45) is 0 Å². The molecular weight excluding hydrogens is 284 g/mol. The first-order valence-electron chi connectivity index (χ1n) is 6.46. The number of thioether (sulfide) groups is 1. The molecule has 1 amide bonds. The molecule has 0 saturated carbocycles. The lowest BCUT2D eigenvalue weighted by atomic mass is 10.2. The number of aliphatic hydroxyl groups is 1. The van der Waals surface area contributed by atoms with Crippen LogP contribution in [0.2, 0.25) is 0 Å². The van der Waals surface area contributed by atoms with Crippen LogP contribution in [0.3, 0.4) is 0 Å². The molecule has 0 atom stereocenters. The van der Waals surface area contributed by atoms with Gasteiger partial charge in [0.1, 0.15) is 0 Å². The number of alkyl halides is 2. The Hall–Kier alpha value is -1.14. The molecule has 0 aromatic heterocycles. The summed E-state index contributed by atoms with van der Waals surface area (Å²) in [7, 11) is 1.66. The van der Waals surface area contributed by atoms with E-state index >= 15 is 0 Å². The second kappa shape index (κ2) is 8.92. The van der Waals surface area contributed by atoms with E-state index in [1.54, 1.807) is 25.2 Å². The first-order valence-corrected chi connectivity index (χ1v) is 7.34. The zero-order valence-electron chi connectivity index (χ0n) is 11.4. The molecule has 0 unspecified atom stereocenters. The summed E-state index contributed by atoms with van der Waals surface area (Å²) >= 11 is 0.389. The van der Waals surface area contributed by atoms with Crippen LogP contribution in [0.4, 0.5) is 8.78 Å². The third kappa shape index (κ3) is 5.46. The zero-order chi connectivity index (χ0) is 15.0. The molecule has 0 radical (unpaired) electrons. The third-order valence-electron chi connectivity index (χ3n) is 2.83. The molecule has 1 N–H and O–H groups in total. The van der Waals surface area contributed by atoms with Crippen molar-refractivity contribution in [1.29, 1.82) is 0 Å². The molecule has 0 saturated heterocycles. The van der Waals surface area contributed by atoms with E-state index in [4.69, 9.17) is 5.11 Å². The molecule has 0 aliphatic heterocycles. The highest BCUT2D eigenvalue weighted by molar-refractivity contribution is 7.99. The highest BCUT2D eigenvalue weighted by Crippen LogP contribution is 2.28. The lowest BCUT2D eigenvalue weighted by Gasteiger charge is -2.18. The highest BCUT2D eigenvalue weighted by atomic mass is 32.2. The van der Waals surface area contributed by atoms with Gasteiger partial charge in [-0.25, -0.2) is 0 Å². The third-order valence-corrected chi connectivity index (χ3v) is 3.62. The van der Waals surface area contributed by atoms with Gasteiger partial charge in [-0.1, -0.05) is 23.9 Å². The van der Waals surface area contributed by atoms with Crippen LogP contribution >= 0.6 is 11.8 Å². The second-order valence-corrected chi connectivity index (χ2v) is 5.42. The Morgan fingerprint density at radius 1 is 1.30 bits per heavy atom. The zero-order valence-corrected chi connectivity index (χ0v) is 12.2. The van der Waals surface area contributed by atoms with Gasteiger partial charge in [-0.2, -0.15) is 8.78 Å². The molecular formula is C14H19F2NO2S. The molecule has 0 fully saturated rings. The van der Waals surface area contributed by atoms with Crippen LogP contribution < -0.4 is 0 Å². The molecule has 0 bridgehead atoms. The van der Waals surface area contributed by atoms with E-state index in [0.29, 0.717) is 35.2 Å². The SMILES string of the molecule is CN(CCCCCO)C(=O)c1ccccc1SC(F)F. The van der Waals surface area contributed by atoms with Gasteiger partial charge >= 0.3 is 0 Å². The van der Waals surface area contributed by atoms with Crippen LogP contribution in [0, 0.1) is 0 Å². The summed E-state index contributed by atoms with van der Waals surface area (Å²) in [5.41, 5.74) is 0.308. The molecule has 1 rings (SSSR count). The van der Waals surface area contributed by atoms with Crippen molar-refractivity contribution in [3.8, 4) is 0 Å². The number of halogens is 2. The summed E-state index contributed by atoms with van der Waals surface area (Å²) in [6.45, 7) is 0.692. The topological polar surface area (TPSA) is 40.5 Å². The Bertz CT molecular complexity index is 429. The Kier molecular flexibility index (Phi) is 7.54. The first kappa shape index (κ1) is 16.9. The minimum absolute atomic E-state index is 0.144. The number of rotatable bonds is 8. The average Bonchev–Trinajstić information content (AvgIpc) is 2.42. The smallest absolute Gasteiger partial charge is 0.288 e. The lowest BCUT2D eigenvalue weighted by Crippen LogP contribution is -2.28. The van der Waals surface area contributed by atoms with Crippen LogP contribution in [-0.4, -0.2) is 41.9 Å². The predicted octanol–water partition coefficient (Wildman–Crippen LogP) is 3.24. The minimum atomic E-state index is -2.54. The summed E-state index contributed by atoms with van der Waals surface area (Å²) in [6.07, 6.45) is 2.33. The summed E-state index contributed by atoms with van der Waals surface area (Å²) < 4.78 is 24.9. The largest absolute Gasteiger partial charge is 0.396 e. The molecule has 1 aromatic rings. The molecule has 1 aromatic carbocycles. The number of amides is 1. The van der Waals surface area contributed by atoms with E-state index in [1.807, 2.05) is 0 Å². The van der Waals surface area contributed by atoms with E-state index in [0.717, 1.165) is 12.8 Å². The second-order valence-electron chi connectivity index (χ2n) is 4.39. The van der Waals surface area contributed by atoms with Gasteiger partial charge < -0.3 is 10.0 Å². The van der Waals surface area contributed by atoms with E-state index in [-0.39, 0.29) is 12.5 Å². The lowest BCUT2D eigenvalue weighted by molar-refractivity contribution is 0.0788. The number of aliphatic hydroxyl groups excluding tert-OH is 1. The molecule has 0 spiro atoms. The normalized spacial score (nSPS) is 10.8. The number of hydrogen-bond donors (Lipinski definition) is 1. The summed E-state index contributed by atoms with van der Waals surface area (Å²) in [5, 5.41) is 8.68. The fourth-order valence-corrected chi connectivity index (χ4v) is 2.42. The van der Waals surface area contributed by atoms with Crippen LogP contribution in [0.5, 0.6) is 0 Å². The molecule has 0 aliphatic rings. The van der Waals surface area contributed by atoms with Gasteiger partial charge in [0, 0.05) is 25.1 Å². The van der Waals surface area contributed by atoms with Crippen molar-refractivity contribution in [3.63, 3.8) is 0 Å². The molecule has 0 aliphatic carbocycles. The van der Waals surface area contributed by atoms with Crippen molar-refractivity contribution >= 4 is 17.7 Å². The molecule has 112 valence electrons. The van der Waals surface area contributed by atoms with E-state index in [9.17, 15) is 13.6 Å². The fraction of sp³-hybridized carbons (Fsp3) is 0.500. The van der Waals surface area contributed by atoms with Crippen LogP contribution in [0.1, 0.15) is 29.6 Å². The maximum Gasteiger partial charge on any atom is 0.288 e. The maximum absolute atomic E-state index is 12.5. The average molecular weight is 303 g/mol. The van der Waals surface area contributed by atoms with Crippen LogP contribution in [-0.2, 0) is 0 Å². The van der Waals surface area contributed by atoms with Crippen molar-refractivity contribution in [2.45, 2.75) is 29.9 Å². The van der Waals surface area contributed by atoms with Gasteiger partial charge in [-0.15, -0.1) is 0 Å². The van der Waals surface area contributed by atoms with Gasteiger partial charge in [0.05, 0.1) is 5.56 Å². The quantitative estimate of drug-likeness (QED) is 0.592. The Labute approximate surface area is 122 Å². The van der Waals surface area contributed by atoms with Gasteiger partial charge in [-0.3, -0.25) is 4.79 Å². The summed E-state index contributed by atoms with van der Waals surface area (Å²) in [4.78, 5) is 14.1. The number of carbonyl (C=O) groups is 1. The van der Waals surface area contributed by atoms with Gasteiger partial charge in [0.2, 0.25) is 0 Å². The number of hydrogen-bond acceptors (Lipinski definition) is 3.